The second-order valence-electron chi connectivity index (χ2n) is 6.01. The van der Waals surface area contributed by atoms with Gasteiger partial charge in [-0.3, -0.25) is 0 Å². The highest BCUT2D eigenvalue weighted by Gasteiger charge is 2.25. The van der Waals surface area contributed by atoms with Gasteiger partial charge in [-0.2, -0.15) is 0 Å². The fourth-order valence-electron chi connectivity index (χ4n) is 3.40. The fraction of sp³-hybridized carbons (Fsp3) is 0. The maximum absolute atomic E-state index is 12.5. The average molecular weight is 577 g/mol. The molecule has 2 nitrogen and oxygen atoms in total. The number of hydrogen-bond acceptors (Lipinski definition) is 2. The van der Waals surface area contributed by atoms with Gasteiger partial charge in [0.25, 0.3) is 0 Å². The van der Waals surface area contributed by atoms with Crippen molar-refractivity contribution < 1.29 is 8.42 Å². The highest BCUT2D eigenvalue weighted by Crippen LogP contribution is 2.47. The topological polar surface area (TPSA) is 34.1 Å². The molecule has 0 spiro atoms. The molecule has 2 unspecified atom stereocenters. The van der Waals surface area contributed by atoms with Gasteiger partial charge >= 0.3 is 0 Å². The third kappa shape index (κ3) is 3.48. The van der Waals surface area contributed by atoms with Crippen molar-refractivity contribution in [2.24, 2.45) is 0 Å². The van der Waals surface area contributed by atoms with E-state index in [0.717, 1.165) is 21.5 Å². The van der Waals surface area contributed by atoms with E-state index in [4.69, 9.17) is 21.4 Å². The van der Waals surface area contributed by atoms with Crippen LogP contribution in [0, 0.1) is 0 Å². The molecule has 0 aromatic heterocycles. The van der Waals surface area contributed by atoms with E-state index in [-0.39, 0.29) is 0 Å². The molecule has 0 aliphatic heterocycles. The standard InChI is InChI=1S/C20H10Br2Cl2O2S2/c21-15-9-11-5-1-3-7-13(11)17(19(15)27(23)25)18-14-8-4-2-6-12(14)10-16(22)20(18)28(24)26/h1-10H. The van der Waals surface area contributed by atoms with E-state index in [0.29, 0.717) is 29.9 Å². The van der Waals surface area contributed by atoms with Crippen molar-refractivity contribution in [2.45, 2.75) is 9.79 Å². The van der Waals surface area contributed by atoms with Crippen molar-refractivity contribution in [2.75, 3.05) is 0 Å². The fourth-order valence-corrected chi connectivity index (χ4v) is 7.86. The smallest absolute Gasteiger partial charge is 0.149 e. The molecule has 0 saturated heterocycles. The minimum atomic E-state index is -1.81. The molecule has 0 fully saturated rings. The van der Waals surface area contributed by atoms with Crippen molar-refractivity contribution in [3.63, 3.8) is 0 Å². The molecule has 0 heterocycles. The summed E-state index contributed by atoms with van der Waals surface area (Å²) in [6.45, 7) is 0. The van der Waals surface area contributed by atoms with E-state index in [1.54, 1.807) is 0 Å². The van der Waals surface area contributed by atoms with Crippen LogP contribution in [0.25, 0.3) is 32.7 Å². The van der Waals surface area contributed by atoms with Gasteiger partial charge in [-0.15, -0.1) is 0 Å². The number of halogens is 4. The molecule has 2 atom stereocenters. The molecule has 28 heavy (non-hydrogen) atoms. The molecule has 0 bridgehead atoms. The van der Waals surface area contributed by atoms with Crippen molar-refractivity contribution in [3.8, 4) is 11.1 Å². The first-order valence-electron chi connectivity index (χ1n) is 7.99. The maximum Gasteiger partial charge on any atom is 0.149 e. The summed E-state index contributed by atoms with van der Waals surface area (Å²) in [6, 6.07) is 19.2. The molecule has 0 radical (unpaired) electrons. The summed E-state index contributed by atoms with van der Waals surface area (Å²) in [7, 11) is 8.59. The molecule has 0 aliphatic carbocycles. The van der Waals surface area contributed by atoms with Crippen molar-refractivity contribution in [1.29, 1.82) is 0 Å². The van der Waals surface area contributed by atoms with E-state index >= 15 is 0 Å². The zero-order chi connectivity index (χ0) is 20.0. The predicted octanol–water partition coefficient (Wildman–Crippen LogP) is 7.71. The molecule has 0 amide bonds. The van der Waals surface area contributed by atoms with Gasteiger partial charge in [-0.25, -0.2) is 8.42 Å². The lowest BCUT2D eigenvalue weighted by Gasteiger charge is -2.18. The minimum Gasteiger partial charge on any atom is -0.237 e. The van der Waals surface area contributed by atoms with Gasteiger partial charge in [0, 0.05) is 20.1 Å². The Morgan fingerprint density at radius 2 is 1.00 bits per heavy atom. The lowest BCUT2D eigenvalue weighted by molar-refractivity contribution is 0.689. The van der Waals surface area contributed by atoms with Crippen molar-refractivity contribution >= 4 is 94.8 Å². The van der Waals surface area contributed by atoms with Gasteiger partial charge in [0.2, 0.25) is 0 Å². The third-order valence-electron chi connectivity index (χ3n) is 4.48. The zero-order valence-corrected chi connectivity index (χ0v) is 20.2. The van der Waals surface area contributed by atoms with Crippen LogP contribution in [0.5, 0.6) is 0 Å². The summed E-state index contributed by atoms with van der Waals surface area (Å²) < 4.78 is 26.3. The van der Waals surface area contributed by atoms with Gasteiger partial charge in [0.05, 0.1) is 9.79 Å². The Bertz CT molecular complexity index is 1210. The average Bonchev–Trinajstić information content (AvgIpc) is 2.65. The van der Waals surface area contributed by atoms with Gasteiger partial charge in [-0.1, -0.05) is 48.5 Å². The molecular formula is C20H10Br2Cl2O2S2. The Morgan fingerprint density at radius 3 is 1.36 bits per heavy atom. The largest absolute Gasteiger partial charge is 0.237 e. The molecule has 4 aromatic rings. The van der Waals surface area contributed by atoms with Crippen LogP contribution >= 0.6 is 53.2 Å². The Morgan fingerprint density at radius 1 is 0.643 bits per heavy atom. The van der Waals surface area contributed by atoms with E-state index in [1.807, 2.05) is 60.7 Å². The Hall–Kier alpha value is -0.760. The molecule has 4 aromatic carbocycles. The number of hydrogen-bond donors (Lipinski definition) is 0. The van der Waals surface area contributed by atoms with E-state index in [2.05, 4.69) is 31.9 Å². The van der Waals surface area contributed by atoms with Crippen LogP contribution in [0.15, 0.2) is 79.4 Å². The Kier molecular flexibility index (Phi) is 5.98. The van der Waals surface area contributed by atoms with E-state index in [9.17, 15) is 8.42 Å². The van der Waals surface area contributed by atoms with Crippen LogP contribution < -0.4 is 0 Å². The maximum atomic E-state index is 12.5. The first-order chi connectivity index (χ1) is 13.4. The van der Waals surface area contributed by atoms with Gasteiger partial charge in [-0.05, 0) is 86.9 Å². The molecule has 142 valence electrons. The molecule has 8 heteroatoms. The quantitative estimate of drug-likeness (QED) is 0.234. The molecule has 0 saturated carbocycles. The van der Waals surface area contributed by atoms with E-state index < -0.39 is 20.0 Å². The van der Waals surface area contributed by atoms with Gasteiger partial charge in [0.15, 0.2) is 0 Å². The highest BCUT2D eigenvalue weighted by molar-refractivity contribution is 9.10. The SMILES string of the molecule is O=S(Cl)c1c(Br)cc2ccccc2c1-c1c(S(=O)Cl)c(Br)cc2ccccc12. The number of fused-ring (bicyclic) bond motifs is 2. The highest BCUT2D eigenvalue weighted by atomic mass is 79.9. The minimum absolute atomic E-state index is 0.423. The molecular weight excluding hydrogens is 567 g/mol. The third-order valence-corrected chi connectivity index (χ3v) is 8.68. The van der Waals surface area contributed by atoms with Crippen LogP contribution in [0.3, 0.4) is 0 Å². The summed E-state index contributed by atoms with van der Waals surface area (Å²) in [4.78, 5) is 0.846. The first-order valence-corrected chi connectivity index (χ1v) is 13.5. The summed E-state index contributed by atoms with van der Waals surface area (Å²) in [5, 5.41) is 3.57. The van der Waals surface area contributed by atoms with Crippen LogP contribution in [-0.2, 0) is 20.0 Å². The summed E-state index contributed by atoms with van der Waals surface area (Å²) in [5.41, 5.74) is 1.31. The van der Waals surface area contributed by atoms with Crippen molar-refractivity contribution in [1.82, 2.24) is 0 Å². The second kappa shape index (κ2) is 8.17. The molecule has 4 rings (SSSR count). The van der Waals surface area contributed by atoms with Crippen LogP contribution in [0.2, 0.25) is 0 Å². The second-order valence-corrected chi connectivity index (χ2v) is 11.1. The lowest BCUT2D eigenvalue weighted by atomic mass is 9.93. The Labute approximate surface area is 192 Å². The normalized spacial score (nSPS) is 13.7. The van der Waals surface area contributed by atoms with Crippen LogP contribution in [0.4, 0.5) is 0 Å². The lowest BCUT2D eigenvalue weighted by Crippen LogP contribution is -1.99. The summed E-state index contributed by atoms with van der Waals surface area (Å²) in [6.07, 6.45) is 0. The number of rotatable bonds is 3. The van der Waals surface area contributed by atoms with E-state index in [1.165, 1.54) is 0 Å². The van der Waals surface area contributed by atoms with Gasteiger partial charge < -0.3 is 0 Å². The predicted molar refractivity (Wildman–Crippen MR) is 127 cm³/mol. The molecule has 0 aliphatic rings. The number of benzene rings is 4. The summed E-state index contributed by atoms with van der Waals surface area (Å²) >= 11 is 7.02. The monoisotopic (exact) mass is 574 g/mol. The van der Waals surface area contributed by atoms with Gasteiger partial charge in [0.1, 0.15) is 20.0 Å². The van der Waals surface area contributed by atoms with Crippen LogP contribution in [-0.4, -0.2) is 8.42 Å². The Balaban J connectivity index is 2.34. The molecule has 0 N–H and O–H groups in total. The van der Waals surface area contributed by atoms with Crippen LogP contribution in [0.1, 0.15) is 0 Å². The summed E-state index contributed by atoms with van der Waals surface area (Å²) in [5.74, 6) is 0. The zero-order valence-electron chi connectivity index (χ0n) is 13.9. The first kappa shape index (κ1) is 20.5. The van der Waals surface area contributed by atoms with Crippen molar-refractivity contribution in [3.05, 3.63) is 69.6 Å².